The zero-order chi connectivity index (χ0) is 17.6. The first-order valence-electron chi connectivity index (χ1n) is 9.49. The highest BCUT2D eigenvalue weighted by Gasteiger charge is 2.28. The lowest BCUT2D eigenvalue weighted by atomic mass is 10.0. The number of likely N-dealkylation sites (N-methyl/N-ethyl adjacent to an activating group) is 1. The van der Waals surface area contributed by atoms with Crippen molar-refractivity contribution in [3.05, 3.63) is 35.9 Å². The molecular weight excluding hydrogens is 314 g/mol. The molecule has 2 fully saturated rings. The second-order valence-electron chi connectivity index (χ2n) is 7.45. The Morgan fingerprint density at radius 3 is 2.64 bits per heavy atom. The van der Waals surface area contributed by atoms with E-state index in [4.69, 9.17) is 4.74 Å². The summed E-state index contributed by atoms with van der Waals surface area (Å²) in [5, 5.41) is 3.24. The highest BCUT2D eigenvalue weighted by molar-refractivity contribution is 5.81. The van der Waals surface area contributed by atoms with Crippen molar-refractivity contribution in [3.63, 3.8) is 0 Å². The summed E-state index contributed by atoms with van der Waals surface area (Å²) in [5.41, 5.74) is 1.16. The van der Waals surface area contributed by atoms with Gasteiger partial charge in [-0.2, -0.15) is 0 Å². The lowest BCUT2D eigenvalue weighted by Gasteiger charge is -2.37. The Hall–Kier alpha value is -1.43. The number of hydrogen-bond acceptors (Lipinski definition) is 4. The normalized spacial score (nSPS) is 23.7. The first kappa shape index (κ1) is 18.4. The van der Waals surface area contributed by atoms with Crippen molar-refractivity contribution < 1.29 is 9.53 Å². The van der Waals surface area contributed by atoms with Crippen LogP contribution in [0.25, 0.3) is 0 Å². The second-order valence-corrected chi connectivity index (χ2v) is 7.45. The van der Waals surface area contributed by atoms with E-state index in [0.29, 0.717) is 12.6 Å². The molecule has 2 saturated heterocycles. The number of piperidine rings is 1. The van der Waals surface area contributed by atoms with E-state index in [9.17, 15) is 4.79 Å². The maximum absolute atomic E-state index is 12.6. The number of likely N-dealkylation sites (tertiary alicyclic amines) is 1. The van der Waals surface area contributed by atoms with Gasteiger partial charge in [0.25, 0.3) is 0 Å². The summed E-state index contributed by atoms with van der Waals surface area (Å²) < 4.78 is 5.55. The predicted octanol–water partition coefficient (Wildman–Crippen LogP) is 2.05. The molecule has 2 heterocycles. The van der Waals surface area contributed by atoms with Gasteiger partial charge < -0.3 is 19.9 Å². The molecule has 0 unspecified atom stereocenters. The maximum Gasteiger partial charge on any atom is 0.249 e. The third-order valence-corrected chi connectivity index (χ3v) is 5.52. The van der Waals surface area contributed by atoms with Crippen LogP contribution in [0.4, 0.5) is 0 Å². The number of carbonyl (C=O) groups is 1. The highest BCUT2D eigenvalue weighted by atomic mass is 16.5. The zero-order valence-electron chi connectivity index (χ0n) is 15.5. The molecular formula is C20H31N3O2. The smallest absolute Gasteiger partial charge is 0.249 e. The molecule has 1 aromatic carbocycles. The minimum Gasteiger partial charge on any atom is -0.368 e. The Bertz CT molecular complexity index is 537. The molecule has 5 heteroatoms. The van der Waals surface area contributed by atoms with E-state index >= 15 is 0 Å². The fourth-order valence-electron chi connectivity index (χ4n) is 3.84. The van der Waals surface area contributed by atoms with Crippen LogP contribution in [0, 0.1) is 0 Å². The maximum atomic E-state index is 12.6. The van der Waals surface area contributed by atoms with Gasteiger partial charge in [-0.25, -0.2) is 0 Å². The van der Waals surface area contributed by atoms with Crippen LogP contribution in [0.3, 0.4) is 0 Å². The van der Waals surface area contributed by atoms with Crippen molar-refractivity contribution in [2.45, 2.75) is 43.9 Å². The molecule has 5 nitrogen and oxygen atoms in total. The fourth-order valence-corrected chi connectivity index (χ4v) is 3.84. The van der Waals surface area contributed by atoms with Gasteiger partial charge in [0.05, 0.1) is 6.04 Å². The molecule has 1 aromatic rings. The Morgan fingerprint density at radius 1 is 1.28 bits per heavy atom. The molecule has 2 aliphatic rings. The van der Waals surface area contributed by atoms with E-state index in [2.05, 4.69) is 41.3 Å². The highest BCUT2D eigenvalue weighted by Crippen LogP contribution is 2.21. The Balaban J connectivity index is 1.64. The molecule has 2 aliphatic heterocycles. The number of ether oxygens (including phenoxy) is 1. The first-order chi connectivity index (χ1) is 12.1. The van der Waals surface area contributed by atoms with E-state index in [0.717, 1.165) is 38.0 Å². The molecule has 0 radical (unpaired) electrons. The molecule has 2 atom stereocenters. The number of benzene rings is 1. The van der Waals surface area contributed by atoms with E-state index in [1.54, 1.807) is 0 Å². The monoisotopic (exact) mass is 345 g/mol. The van der Waals surface area contributed by atoms with E-state index < -0.39 is 0 Å². The van der Waals surface area contributed by atoms with Gasteiger partial charge in [-0.15, -0.1) is 0 Å². The SMILES string of the molecule is CN1CCC(N(C)C[C@@H](NC(=O)[C@H]2CCCO2)c2ccccc2)CC1. The van der Waals surface area contributed by atoms with Gasteiger partial charge in [0.1, 0.15) is 6.10 Å². The van der Waals surface area contributed by atoms with Crippen LogP contribution in [0.2, 0.25) is 0 Å². The van der Waals surface area contributed by atoms with E-state index in [1.165, 1.54) is 12.8 Å². The number of nitrogens with zero attached hydrogens (tertiary/aromatic N) is 2. The summed E-state index contributed by atoms with van der Waals surface area (Å²) in [7, 11) is 4.37. The first-order valence-corrected chi connectivity index (χ1v) is 9.49. The Morgan fingerprint density at radius 2 is 2.00 bits per heavy atom. The van der Waals surface area contributed by atoms with Crippen LogP contribution in [0.5, 0.6) is 0 Å². The third-order valence-electron chi connectivity index (χ3n) is 5.52. The van der Waals surface area contributed by atoms with Gasteiger partial charge in [0, 0.05) is 19.2 Å². The quantitative estimate of drug-likeness (QED) is 0.857. The van der Waals surface area contributed by atoms with Gasteiger partial charge in [-0.1, -0.05) is 30.3 Å². The van der Waals surface area contributed by atoms with Crippen LogP contribution >= 0.6 is 0 Å². The molecule has 0 saturated carbocycles. The Labute approximate surface area is 151 Å². The summed E-state index contributed by atoms with van der Waals surface area (Å²) >= 11 is 0. The Kier molecular flexibility index (Phi) is 6.45. The van der Waals surface area contributed by atoms with Crippen molar-refractivity contribution in [1.82, 2.24) is 15.1 Å². The van der Waals surface area contributed by atoms with Gasteiger partial charge >= 0.3 is 0 Å². The van der Waals surface area contributed by atoms with Crippen LogP contribution in [0.15, 0.2) is 30.3 Å². The van der Waals surface area contributed by atoms with Crippen LogP contribution in [0.1, 0.15) is 37.3 Å². The molecule has 0 bridgehead atoms. The molecule has 138 valence electrons. The molecule has 3 rings (SSSR count). The minimum absolute atomic E-state index is 0.00237. The topological polar surface area (TPSA) is 44.8 Å². The molecule has 0 spiro atoms. The van der Waals surface area contributed by atoms with Gasteiger partial charge in [-0.05, 0) is 58.4 Å². The number of amides is 1. The molecule has 25 heavy (non-hydrogen) atoms. The largest absolute Gasteiger partial charge is 0.368 e. The number of carbonyl (C=O) groups excluding carboxylic acids is 1. The minimum atomic E-state index is -0.278. The summed E-state index contributed by atoms with van der Waals surface area (Å²) in [6, 6.07) is 10.9. The van der Waals surface area contributed by atoms with Crippen molar-refractivity contribution in [2.24, 2.45) is 0 Å². The standard InChI is InChI=1S/C20H31N3O2/c1-22-12-10-17(11-13-22)23(2)15-18(16-7-4-3-5-8-16)21-20(24)19-9-6-14-25-19/h3-5,7-8,17-19H,6,9-15H2,1-2H3,(H,21,24)/t18-,19-/m1/s1. The van der Waals surface area contributed by atoms with Crippen LogP contribution < -0.4 is 5.32 Å². The summed E-state index contributed by atoms with van der Waals surface area (Å²) in [6.07, 6.45) is 3.91. The zero-order valence-corrected chi connectivity index (χ0v) is 15.5. The predicted molar refractivity (Wildman–Crippen MR) is 99.4 cm³/mol. The van der Waals surface area contributed by atoms with E-state index in [1.807, 2.05) is 18.2 Å². The fraction of sp³-hybridized carbons (Fsp3) is 0.650. The number of hydrogen-bond donors (Lipinski definition) is 1. The molecule has 1 amide bonds. The second kappa shape index (κ2) is 8.79. The number of nitrogens with one attached hydrogen (secondary N) is 1. The summed E-state index contributed by atoms with van der Waals surface area (Å²) in [4.78, 5) is 17.4. The summed E-state index contributed by atoms with van der Waals surface area (Å²) in [5.74, 6) is 0.0307. The molecule has 1 N–H and O–H groups in total. The van der Waals surface area contributed by atoms with Crippen LogP contribution in [-0.2, 0) is 9.53 Å². The lowest BCUT2D eigenvalue weighted by molar-refractivity contribution is -0.131. The molecule has 0 aromatic heterocycles. The lowest BCUT2D eigenvalue weighted by Crippen LogP contribution is -2.46. The van der Waals surface area contributed by atoms with E-state index in [-0.39, 0.29) is 18.1 Å². The average molecular weight is 345 g/mol. The van der Waals surface area contributed by atoms with Crippen molar-refractivity contribution >= 4 is 5.91 Å². The van der Waals surface area contributed by atoms with Gasteiger partial charge in [-0.3, -0.25) is 4.79 Å². The van der Waals surface area contributed by atoms with Crippen molar-refractivity contribution in [1.29, 1.82) is 0 Å². The average Bonchev–Trinajstić information content (AvgIpc) is 3.17. The number of rotatable bonds is 6. The van der Waals surface area contributed by atoms with Crippen molar-refractivity contribution in [3.8, 4) is 0 Å². The van der Waals surface area contributed by atoms with Crippen molar-refractivity contribution in [2.75, 3.05) is 40.3 Å². The summed E-state index contributed by atoms with van der Waals surface area (Å²) in [6.45, 7) is 3.82. The molecule has 0 aliphatic carbocycles. The van der Waals surface area contributed by atoms with Gasteiger partial charge in [0.15, 0.2) is 0 Å². The van der Waals surface area contributed by atoms with Gasteiger partial charge in [0.2, 0.25) is 5.91 Å². The van der Waals surface area contributed by atoms with Crippen LogP contribution in [-0.4, -0.2) is 68.2 Å². The third kappa shape index (κ3) is 5.03.